The van der Waals surface area contributed by atoms with Crippen molar-refractivity contribution < 1.29 is 18.0 Å². The van der Waals surface area contributed by atoms with Gasteiger partial charge in [0, 0.05) is 12.1 Å². The number of nitrogens with two attached hydrogens (primary N) is 1. The lowest BCUT2D eigenvalue weighted by molar-refractivity contribution is -0.115. The summed E-state index contributed by atoms with van der Waals surface area (Å²) >= 11 is 0. The van der Waals surface area contributed by atoms with Crippen LogP contribution in [0.25, 0.3) is 0 Å². The monoisotopic (exact) mass is 284 g/mol. The molecule has 1 amide bonds. The number of hydrogen-bond acceptors (Lipinski definition) is 4. The molecule has 104 valence electrons. The third-order valence-electron chi connectivity index (χ3n) is 2.91. The van der Waals surface area contributed by atoms with Crippen molar-refractivity contribution >= 4 is 15.9 Å². The standard InChI is InChI=1S/C12H16N2O4S/c13-19(16,17)11-6-4-10(5-7-11)12(15)14-8-2-1-3-9-18-14/h4-7H,1-3,8-9H2,(H2,13,16,17). The fourth-order valence-electron chi connectivity index (χ4n) is 1.86. The molecule has 1 aliphatic rings. The highest BCUT2D eigenvalue weighted by atomic mass is 32.2. The minimum absolute atomic E-state index is 0.0131. The van der Waals surface area contributed by atoms with Crippen molar-refractivity contribution in [2.45, 2.75) is 24.2 Å². The number of amides is 1. The molecule has 0 saturated carbocycles. The topological polar surface area (TPSA) is 89.7 Å². The molecule has 19 heavy (non-hydrogen) atoms. The predicted molar refractivity (Wildman–Crippen MR) is 68.7 cm³/mol. The number of hydrogen-bond donors (Lipinski definition) is 1. The van der Waals surface area contributed by atoms with E-state index in [0.29, 0.717) is 18.7 Å². The number of nitrogens with zero attached hydrogens (tertiary/aromatic N) is 1. The maximum atomic E-state index is 12.1. The summed E-state index contributed by atoms with van der Waals surface area (Å²) in [5.74, 6) is -0.261. The Hall–Kier alpha value is -1.44. The Morgan fingerprint density at radius 2 is 1.84 bits per heavy atom. The number of hydroxylamine groups is 2. The molecule has 1 saturated heterocycles. The van der Waals surface area contributed by atoms with E-state index in [1.165, 1.54) is 29.3 Å². The highest BCUT2D eigenvalue weighted by Gasteiger charge is 2.19. The molecule has 2 rings (SSSR count). The van der Waals surface area contributed by atoms with Gasteiger partial charge in [-0.05, 0) is 43.5 Å². The summed E-state index contributed by atoms with van der Waals surface area (Å²) in [6, 6.07) is 5.52. The van der Waals surface area contributed by atoms with Crippen molar-refractivity contribution in [1.82, 2.24) is 5.06 Å². The van der Waals surface area contributed by atoms with Crippen LogP contribution in [0, 0.1) is 0 Å². The van der Waals surface area contributed by atoms with Crippen LogP contribution >= 0.6 is 0 Å². The number of primary sulfonamides is 1. The molecule has 0 atom stereocenters. The molecule has 1 fully saturated rings. The molecule has 6 nitrogen and oxygen atoms in total. The van der Waals surface area contributed by atoms with Crippen LogP contribution in [-0.2, 0) is 14.9 Å². The Morgan fingerprint density at radius 3 is 2.47 bits per heavy atom. The SMILES string of the molecule is NS(=O)(=O)c1ccc(C(=O)N2CCCCCO2)cc1. The lowest BCUT2D eigenvalue weighted by Gasteiger charge is -2.19. The Kier molecular flexibility index (Phi) is 4.18. The van der Waals surface area contributed by atoms with E-state index < -0.39 is 10.0 Å². The van der Waals surface area contributed by atoms with Gasteiger partial charge in [0.1, 0.15) is 0 Å². The lowest BCUT2D eigenvalue weighted by atomic mass is 10.2. The number of carbonyl (C=O) groups is 1. The first-order chi connectivity index (χ1) is 8.98. The van der Waals surface area contributed by atoms with E-state index in [1.807, 2.05) is 0 Å². The zero-order chi connectivity index (χ0) is 13.9. The Bertz CT molecular complexity index is 546. The van der Waals surface area contributed by atoms with Crippen molar-refractivity contribution in [3.05, 3.63) is 29.8 Å². The summed E-state index contributed by atoms with van der Waals surface area (Å²) in [7, 11) is -3.73. The van der Waals surface area contributed by atoms with Crippen LogP contribution in [0.2, 0.25) is 0 Å². The molecule has 2 N–H and O–H groups in total. The molecule has 0 bridgehead atoms. The molecular weight excluding hydrogens is 268 g/mol. The zero-order valence-corrected chi connectivity index (χ0v) is 11.2. The van der Waals surface area contributed by atoms with Crippen LogP contribution in [-0.4, -0.2) is 32.5 Å². The van der Waals surface area contributed by atoms with E-state index in [4.69, 9.17) is 9.98 Å². The summed E-state index contributed by atoms with van der Waals surface area (Å²) in [6.07, 6.45) is 2.88. The molecule has 1 aliphatic heterocycles. The van der Waals surface area contributed by atoms with E-state index in [9.17, 15) is 13.2 Å². The molecule has 1 aromatic rings. The van der Waals surface area contributed by atoms with Crippen molar-refractivity contribution in [2.75, 3.05) is 13.2 Å². The summed E-state index contributed by atoms with van der Waals surface area (Å²) in [4.78, 5) is 17.5. The second-order valence-corrected chi connectivity index (χ2v) is 5.93. The van der Waals surface area contributed by atoms with E-state index >= 15 is 0 Å². The smallest absolute Gasteiger partial charge is 0.271 e. The van der Waals surface area contributed by atoms with E-state index in [0.717, 1.165) is 19.3 Å². The highest BCUT2D eigenvalue weighted by Crippen LogP contribution is 2.14. The second kappa shape index (κ2) is 5.68. The molecular formula is C12H16N2O4S. The van der Waals surface area contributed by atoms with Gasteiger partial charge in [0.05, 0.1) is 11.5 Å². The van der Waals surface area contributed by atoms with E-state index in [1.54, 1.807) is 0 Å². The molecule has 0 unspecified atom stereocenters. The fraction of sp³-hybridized carbons (Fsp3) is 0.417. The van der Waals surface area contributed by atoms with Gasteiger partial charge in [-0.2, -0.15) is 0 Å². The number of sulfonamides is 1. The van der Waals surface area contributed by atoms with Gasteiger partial charge in [0.25, 0.3) is 5.91 Å². The van der Waals surface area contributed by atoms with Gasteiger partial charge in [-0.3, -0.25) is 9.63 Å². The third-order valence-corrected chi connectivity index (χ3v) is 3.84. The molecule has 0 radical (unpaired) electrons. The number of benzene rings is 1. The molecule has 0 aromatic heterocycles. The maximum absolute atomic E-state index is 12.1. The van der Waals surface area contributed by atoms with E-state index in [2.05, 4.69) is 0 Å². The van der Waals surface area contributed by atoms with E-state index in [-0.39, 0.29) is 10.8 Å². The molecule has 0 spiro atoms. The van der Waals surface area contributed by atoms with Gasteiger partial charge in [0.15, 0.2) is 0 Å². The summed E-state index contributed by atoms with van der Waals surface area (Å²) in [5, 5.41) is 6.33. The quantitative estimate of drug-likeness (QED) is 0.873. The maximum Gasteiger partial charge on any atom is 0.277 e. The van der Waals surface area contributed by atoms with Crippen molar-refractivity contribution in [1.29, 1.82) is 0 Å². The Labute approximate surface area is 112 Å². The minimum Gasteiger partial charge on any atom is -0.271 e. The largest absolute Gasteiger partial charge is 0.277 e. The van der Waals surface area contributed by atoms with Crippen LogP contribution in [0.5, 0.6) is 0 Å². The van der Waals surface area contributed by atoms with Gasteiger partial charge >= 0.3 is 0 Å². The van der Waals surface area contributed by atoms with Crippen molar-refractivity contribution in [3.8, 4) is 0 Å². The Balaban J connectivity index is 2.15. The van der Waals surface area contributed by atoms with Gasteiger partial charge in [-0.15, -0.1) is 0 Å². The average molecular weight is 284 g/mol. The van der Waals surface area contributed by atoms with Crippen LogP contribution in [0.15, 0.2) is 29.2 Å². The van der Waals surface area contributed by atoms with Crippen LogP contribution in [0.3, 0.4) is 0 Å². The molecule has 0 aliphatic carbocycles. The molecule has 7 heteroatoms. The zero-order valence-electron chi connectivity index (χ0n) is 10.4. The van der Waals surface area contributed by atoms with Crippen LogP contribution in [0.4, 0.5) is 0 Å². The van der Waals surface area contributed by atoms with Crippen LogP contribution in [0.1, 0.15) is 29.6 Å². The summed E-state index contributed by atoms with van der Waals surface area (Å²) < 4.78 is 22.2. The predicted octanol–water partition coefficient (Wildman–Crippen LogP) is 0.892. The average Bonchev–Trinajstić information content (AvgIpc) is 2.66. The first-order valence-electron chi connectivity index (χ1n) is 6.06. The first kappa shape index (κ1) is 14.0. The lowest BCUT2D eigenvalue weighted by Crippen LogP contribution is -2.31. The van der Waals surface area contributed by atoms with Crippen molar-refractivity contribution in [2.24, 2.45) is 5.14 Å². The van der Waals surface area contributed by atoms with Gasteiger partial charge in [-0.25, -0.2) is 18.6 Å². The third kappa shape index (κ3) is 3.52. The Morgan fingerprint density at radius 1 is 1.16 bits per heavy atom. The van der Waals surface area contributed by atoms with Crippen LogP contribution < -0.4 is 5.14 Å². The highest BCUT2D eigenvalue weighted by molar-refractivity contribution is 7.89. The normalized spacial score (nSPS) is 17.0. The van der Waals surface area contributed by atoms with Crippen molar-refractivity contribution in [3.63, 3.8) is 0 Å². The second-order valence-electron chi connectivity index (χ2n) is 4.37. The van der Waals surface area contributed by atoms with Gasteiger partial charge < -0.3 is 0 Å². The minimum atomic E-state index is -3.73. The first-order valence-corrected chi connectivity index (χ1v) is 7.61. The summed E-state index contributed by atoms with van der Waals surface area (Å²) in [6.45, 7) is 1.08. The number of rotatable bonds is 2. The van der Waals surface area contributed by atoms with Gasteiger partial charge in [0.2, 0.25) is 10.0 Å². The fourth-order valence-corrected chi connectivity index (χ4v) is 2.38. The summed E-state index contributed by atoms with van der Waals surface area (Å²) in [5.41, 5.74) is 0.384. The number of carbonyl (C=O) groups excluding carboxylic acids is 1. The molecule has 1 heterocycles. The molecule has 1 aromatic carbocycles. The van der Waals surface area contributed by atoms with Gasteiger partial charge in [-0.1, -0.05) is 0 Å².